The summed E-state index contributed by atoms with van der Waals surface area (Å²) in [6, 6.07) is 17.0. The van der Waals surface area contributed by atoms with Crippen molar-refractivity contribution >= 4 is 17.3 Å². The molecule has 0 unspecified atom stereocenters. The van der Waals surface area contributed by atoms with Crippen molar-refractivity contribution in [2.24, 2.45) is 0 Å². The molecule has 3 rings (SSSR count). The largest absolute Gasteiger partial charge is 0.507 e. The molecule has 0 atom stereocenters. The first-order valence-electron chi connectivity index (χ1n) is 8.33. The first kappa shape index (κ1) is 16.2. The molecule has 0 aliphatic heterocycles. The average Bonchev–Trinajstić information content (AvgIpc) is 2.63. The fourth-order valence-corrected chi connectivity index (χ4v) is 3.10. The molecule has 3 nitrogen and oxygen atoms in total. The van der Waals surface area contributed by atoms with Crippen LogP contribution in [0.1, 0.15) is 47.2 Å². The maximum absolute atomic E-state index is 12.2. The Bertz CT molecular complexity index is 788. The maximum atomic E-state index is 12.2. The van der Waals surface area contributed by atoms with E-state index in [1.807, 2.05) is 18.2 Å². The summed E-state index contributed by atoms with van der Waals surface area (Å²) in [6.07, 6.45) is 4.21. The van der Waals surface area contributed by atoms with Crippen molar-refractivity contribution in [3.05, 3.63) is 76.9 Å². The van der Waals surface area contributed by atoms with Crippen molar-refractivity contribution < 1.29 is 14.7 Å². The van der Waals surface area contributed by atoms with Gasteiger partial charge in [-0.05, 0) is 31.2 Å². The molecular weight excluding hydrogens is 300 g/mol. The van der Waals surface area contributed by atoms with E-state index in [0.717, 1.165) is 25.7 Å². The van der Waals surface area contributed by atoms with Crippen molar-refractivity contribution in [2.45, 2.75) is 32.1 Å². The first-order valence-corrected chi connectivity index (χ1v) is 8.33. The lowest BCUT2D eigenvalue weighted by molar-refractivity contribution is -0.112. The van der Waals surface area contributed by atoms with Gasteiger partial charge in [-0.25, -0.2) is 0 Å². The van der Waals surface area contributed by atoms with Crippen LogP contribution in [-0.4, -0.2) is 16.7 Å². The Morgan fingerprint density at radius 1 is 0.667 bits per heavy atom. The third kappa shape index (κ3) is 3.30. The third-order valence-electron chi connectivity index (χ3n) is 4.43. The van der Waals surface area contributed by atoms with Gasteiger partial charge in [-0.15, -0.1) is 0 Å². The highest BCUT2D eigenvalue weighted by atomic mass is 16.3. The number of hydrogen-bond acceptors (Lipinski definition) is 3. The van der Waals surface area contributed by atoms with Crippen molar-refractivity contribution in [3.8, 4) is 0 Å². The van der Waals surface area contributed by atoms with Crippen LogP contribution in [0.5, 0.6) is 0 Å². The molecule has 24 heavy (non-hydrogen) atoms. The number of aryl methyl sites for hydroxylation is 1. The van der Waals surface area contributed by atoms with Crippen LogP contribution in [0.2, 0.25) is 0 Å². The van der Waals surface area contributed by atoms with Gasteiger partial charge in [0.2, 0.25) is 11.6 Å². The molecule has 1 aliphatic rings. The molecule has 0 heterocycles. The molecule has 0 saturated carbocycles. The normalized spacial score (nSPS) is 14.0. The SMILES string of the molecule is O=C1C(=O)c2ccccc2C(O)=C1CCCCCc1ccccc1. The lowest BCUT2D eigenvalue weighted by Gasteiger charge is -2.17. The molecule has 122 valence electrons. The summed E-state index contributed by atoms with van der Waals surface area (Å²) in [5.74, 6) is -1.10. The Morgan fingerprint density at radius 2 is 1.29 bits per heavy atom. The average molecular weight is 320 g/mol. The molecule has 0 saturated heterocycles. The van der Waals surface area contributed by atoms with Crippen LogP contribution in [0.3, 0.4) is 0 Å². The molecule has 0 fully saturated rings. The number of rotatable bonds is 6. The van der Waals surface area contributed by atoms with E-state index in [-0.39, 0.29) is 11.3 Å². The van der Waals surface area contributed by atoms with E-state index in [1.54, 1.807) is 24.3 Å². The minimum Gasteiger partial charge on any atom is -0.507 e. The Labute approximate surface area is 141 Å². The summed E-state index contributed by atoms with van der Waals surface area (Å²) < 4.78 is 0. The molecule has 0 spiro atoms. The second-order valence-electron chi connectivity index (χ2n) is 6.08. The van der Waals surface area contributed by atoms with Crippen molar-refractivity contribution in [1.82, 2.24) is 0 Å². The highest BCUT2D eigenvalue weighted by Gasteiger charge is 2.31. The molecule has 2 aromatic rings. The van der Waals surface area contributed by atoms with E-state index in [4.69, 9.17) is 0 Å². The fourth-order valence-electron chi connectivity index (χ4n) is 3.10. The molecule has 1 aliphatic carbocycles. The molecular formula is C21H20O3. The molecule has 0 radical (unpaired) electrons. The van der Waals surface area contributed by atoms with Gasteiger partial charge in [-0.2, -0.15) is 0 Å². The third-order valence-corrected chi connectivity index (χ3v) is 4.43. The maximum Gasteiger partial charge on any atom is 0.234 e. The van der Waals surface area contributed by atoms with E-state index >= 15 is 0 Å². The Kier molecular flexibility index (Phi) is 4.90. The zero-order chi connectivity index (χ0) is 16.9. The van der Waals surface area contributed by atoms with Crippen LogP contribution in [0.4, 0.5) is 0 Å². The molecule has 3 heteroatoms. The fraction of sp³-hybridized carbons (Fsp3) is 0.238. The van der Waals surface area contributed by atoms with Crippen LogP contribution in [0.15, 0.2) is 60.2 Å². The summed E-state index contributed by atoms with van der Waals surface area (Å²) in [5, 5.41) is 10.4. The van der Waals surface area contributed by atoms with Crippen LogP contribution >= 0.6 is 0 Å². The molecule has 0 bridgehead atoms. The quantitative estimate of drug-likeness (QED) is 0.628. The second kappa shape index (κ2) is 7.26. The number of allylic oxidation sites excluding steroid dienone is 1. The second-order valence-corrected chi connectivity index (χ2v) is 6.08. The van der Waals surface area contributed by atoms with Gasteiger partial charge in [0.25, 0.3) is 0 Å². The topological polar surface area (TPSA) is 54.4 Å². The van der Waals surface area contributed by atoms with E-state index in [9.17, 15) is 14.7 Å². The highest BCUT2D eigenvalue weighted by Crippen LogP contribution is 2.30. The Balaban J connectivity index is 1.60. The summed E-state index contributed by atoms with van der Waals surface area (Å²) in [6.45, 7) is 0. The predicted molar refractivity (Wildman–Crippen MR) is 93.9 cm³/mol. The van der Waals surface area contributed by atoms with Gasteiger partial charge < -0.3 is 5.11 Å². The number of hydrogen-bond donors (Lipinski definition) is 1. The number of carbonyl (C=O) groups excluding carboxylic acids is 2. The summed E-state index contributed by atoms with van der Waals surface area (Å²) in [4.78, 5) is 24.4. The number of benzene rings is 2. The van der Waals surface area contributed by atoms with Crippen LogP contribution in [0, 0.1) is 0 Å². The van der Waals surface area contributed by atoms with Gasteiger partial charge >= 0.3 is 0 Å². The number of Topliss-reactive ketones (excluding diaryl/α,β-unsaturated/α-hetero) is 2. The van der Waals surface area contributed by atoms with Gasteiger partial charge in [-0.3, -0.25) is 9.59 Å². The number of aliphatic hydroxyl groups is 1. The first-order chi connectivity index (χ1) is 11.7. The molecule has 2 aromatic carbocycles. The van der Waals surface area contributed by atoms with E-state index < -0.39 is 11.6 Å². The zero-order valence-corrected chi connectivity index (χ0v) is 13.5. The van der Waals surface area contributed by atoms with E-state index in [1.165, 1.54) is 5.56 Å². The van der Waals surface area contributed by atoms with Crippen molar-refractivity contribution in [2.75, 3.05) is 0 Å². The summed E-state index contributed by atoms with van der Waals surface area (Å²) in [7, 11) is 0. The van der Waals surface area contributed by atoms with Gasteiger partial charge in [0.1, 0.15) is 5.76 Å². The smallest absolute Gasteiger partial charge is 0.234 e. The van der Waals surface area contributed by atoms with Crippen molar-refractivity contribution in [1.29, 1.82) is 0 Å². The number of fused-ring (bicyclic) bond motifs is 1. The minimum atomic E-state index is -0.561. The van der Waals surface area contributed by atoms with Crippen molar-refractivity contribution in [3.63, 3.8) is 0 Å². The lowest BCUT2D eigenvalue weighted by Crippen LogP contribution is -2.24. The lowest BCUT2D eigenvalue weighted by atomic mass is 9.86. The standard InChI is InChI=1S/C21H20O3/c22-19-16-12-7-8-13-17(16)20(23)21(24)18(19)14-6-2-5-11-15-9-3-1-4-10-15/h1,3-4,7-10,12-13,22H,2,5-6,11,14H2. The van der Waals surface area contributed by atoms with Crippen LogP contribution < -0.4 is 0 Å². The van der Waals surface area contributed by atoms with Gasteiger partial charge in [-0.1, -0.05) is 61.0 Å². The Hall–Kier alpha value is -2.68. The highest BCUT2D eigenvalue weighted by molar-refractivity contribution is 6.52. The van der Waals surface area contributed by atoms with E-state index in [2.05, 4.69) is 12.1 Å². The van der Waals surface area contributed by atoms with Gasteiger partial charge in [0, 0.05) is 16.7 Å². The number of ketones is 2. The predicted octanol–water partition coefficient (Wildman–Crippen LogP) is 4.52. The van der Waals surface area contributed by atoms with E-state index in [0.29, 0.717) is 17.5 Å². The Morgan fingerprint density at radius 3 is 2.04 bits per heavy atom. The number of unbranched alkanes of at least 4 members (excludes halogenated alkanes) is 2. The molecule has 0 aromatic heterocycles. The summed E-state index contributed by atoms with van der Waals surface area (Å²) in [5.41, 5.74) is 2.34. The van der Waals surface area contributed by atoms with Crippen LogP contribution in [0.25, 0.3) is 5.76 Å². The number of aliphatic hydroxyl groups excluding tert-OH is 1. The zero-order valence-electron chi connectivity index (χ0n) is 13.5. The van der Waals surface area contributed by atoms with Gasteiger partial charge in [0.15, 0.2) is 0 Å². The summed E-state index contributed by atoms with van der Waals surface area (Å²) >= 11 is 0. The van der Waals surface area contributed by atoms with Gasteiger partial charge in [0.05, 0.1) is 0 Å². The number of carbonyl (C=O) groups is 2. The van der Waals surface area contributed by atoms with Crippen LogP contribution in [-0.2, 0) is 11.2 Å². The minimum absolute atomic E-state index is 0.0294. The molecule has 1 N–H and O–H groups in total. The molecule has 0 amide bonds. The monoisotopic (exact) mass is 320 g/mol.